The topological polar surface area (TPSA) is 48.1 Å². The number of amides is 2. The number of carbonyl (C=O) groups excluding carboxylic acids is 1. The number of aromatic amines is 1. The molecule has 0 saturated heterocycles. The number of nitrogens with zero attached hydrogens (tertiary/aromatic N) is 1. The molecule has 0 aliphatic heterocycles. The highest BCUT2D eigenvalue weighted by Crippen LogP contribution is 2.18. The molecule has 0 radical (unpaired) electrons. The maximum absolute atomic E-state index is 11.8. The van der Waals surface area contributed by atoms with Crippen LogP contribution in [0.15, 0.2) is 30.5 Å². The second kappa shape index (κ2) is 5.58. The predicted octanol–water partition coefficient (Wildman–Crippen LogP) is 2.72. The normalized spacial score (nSPS) is 10.6. The molecule has 0 aliphatic rings. The first-order valence-corrected chi connectivity index (χ1v) is 6.26. The van der Waals surface area contributed by atoms with Gasteiger partial charge in [-0.2, -0.15) is 0 Å². The van der Waals surface area contributed by atoms with Crippen molar-refractivity contribution in [3.05, 3.63) is 36.0 Å². The highest BCUT2D eigenvalue weighted by Gasteiger charge is 2.10. The average Bonchev–Trinajstić information content (AvgIpc) is 2.79. The lowest BCUT2D eigenvalue weighted by Crippen LogP contribution is -2.37. The molecule has 2 rings (SSSR count). The molecular formula is C14H19N3O. The van der Waals surface area contributed by atoms with Crippen LogP contribution in [-0.4, -0.2) is 29.5 Å². The first-order valence-electron chi connectivity index (χ1n) is 6.26. The maximum Gasteiger partial charge on any atom is 0.317 e. The first-order chi connectivity index (χ1) is 8.72. The fraction of sp³-hybridized carbons (Fsp3) is 0.357. The van der Waals surface area contributed by atoms with Gasteiger partial charge in [0.1, 0.15) is 0 Å². The summed E-state index contributed by atoms with van der Waals surface area (Å²) in [6, 6.07) is 8.09. The zero-order valence-corrected chi connectivity index (χ0v) is 10.9. The summed E-state index contributed by atoms with van der Waals surface area (Å²) in [5.41, 5.74) is 2.25. The fourth-order valence-corrected chi connectivity index (χ4v) is 1.96. The lowest BCUT2D eigenvalue weighted by molar-refractivity contribution is 0.207. The van der Waals surface area contributed by atoms with E-state index >= 15 is 0 Å². The van der Waals surface area contributed by atoms with Crippen LogP contribution in [0.1, 0.15) is 18.9 Å². The third-order valence-electron chi connectivity index (χ3n) is 2.96. The Morgan fingerprint density at radius 2 is 2.17 bits per heavy atom. The number of benzene rings is 1. The number of fused-ring (bicyclic) bond motifs is 1. The van der Waals surface area contributed by atoms with Crippen molar-refractivity contribution in [1.82, 2.24) is 15.2 Å². The second-order valence-electron chi connectivity index (χ2n) is 4.45. The number of H-pyrrole nitrogens is 1. The summed E-state index contributed by atoms with van der Waals surface area (Å²) in [5, 5.41) is 4.04. The lowest BCUT2D eigenvalue weighted by Gasteiger charge is -2.17. The van der Waals surface area contributed by atoms with Gasteiger partial charge in [-0.3, -0.25) is 0 Å². The molecule has 0 saturated carbocycles. The largest absolute Gasteiger partial charge is 0.361 e. The first kappa shape index (κ1) is 12.5. The minimum Gasteiger partial charge on any atom is -0.361 e. The fourth-order valence-electron chi connectivity index (χ4n) is 1.96. The summed E-state index contributed by atoms with van der Waals surface area (Å²) in [6.45, 7) is 3.37. The minimum atomic E-state index is -0.0258. The molecule has 1 aromatic heterocycles. The Labute approximate surface area is 107 Å². The van der Waals surface area contributed by atoms with Crippen molar-refractivity contribution < 1.29 is 4.79 Å². The van der Waals surface area contributed by atoms with Crippen LogP contribution in [0.3, 0.4) is 0 Å². The van der Waals surface area contributed by atoms with Crippen molar-refractivity contribution in [1.29, 1.82) is 0 Å². The number of rotatable bonds is 4. The summed E-state index contributed by atoms with van der Waals surface area (Å²) in [4.78, 5) is 16.7. The monoisotopic (exact) mass is 245 g/mol. The van der Waals surface area contributed by atoms with Crippen LogP contribution in [-0.2, 0) is 6.54 Å². The number of para-hydroxylation sites is 1. The summed E-state index contributed by atoms with van der Waals surface area (Å²) >= 11 is 0. The van der Waals surface area contributed by atoms with Crippen LogP contribution in [0.4, 0.5) is 4.79 Å². The Kier molecular flexibility index (Phi) is 3.87. The molecule has 2 amide bonds. The predicted molar refractivity (Wildman–Crippen MR) is 73.5 cm³/mol. The summed E-state index contributed by atoms with van der Waals surface area (Å²) in [5.74, 6) is 0. The van der Waals surface area contributed by atoms with Crippen molar-refractivity contribution in [2.45, 2.75) is 19.9 Å². The lowest BCUT2D eigenvalue weighted by atomic mass is 10.2. The molecule has 1 aromatic carbocycles. The van der Waals surface area contributed by atoms with Crippen LogP contribution in [0, 0.1) is 0 Å². The van der Waals surface area contributed by atoms with Gasteiger partial charge in [0.15, 0.2) is 0 Å². The van der Waals surface area contributed by atoms with Gasteiger partial charge in [0.05, 0.1) is 0 Å². The van der Waals surface area contributed by atoms with Crippen molar-refractivity contribution in [2.75, 3.05) is 13.6 Å². The van der Waals surface area contributed by atoms with E-state index in [0.717, 1.165) is 24.0 Å². The van der Waals surface area contributed by atoms with Gasteiger partial charge in [0.25, 0.3) is 0 Å². The average molecular weight is 245 g/mol. The molecule has 0 fully saturated rings. The second-order valence-corrected chi connectivity index (χ2v) is 4.45. The molecule has 2 N–H and O–H groups in total. The SMILES string of the molecule is CCCNC(=O)N(C)Cc1c[nH]c2ccccc12. The number of nitrogens with one attached hydrogen (secondary N) is 2. The summed E-state index contributed by atoms with van der Waals surface area (Å²) in [6.07, 6.45) is 2.92. The van der Waals surface area contributed by atoms with E-state index in [1.165, 1.54) is 5.39 Å². The van der Waals surface area contributed by atoms with Gasteiger partial charge in [-0.15, -0.1) is 0 Å². The van der Waals surface area contributed by atoms with Crippen molar-refractivity contribution >= 4 is 16.9 Å². The van der Waals surface area contributed by atoms with E-state index in [2.05, 4.69) is 16.4 Å². The van der Waals surface area contributed by atoms with Crippen molar-refractivity contribution in [3.63, 3.8) is 0 Å². The van der Waals surface area contributed by atoms with Gasteiger partial charge in [-0.1, -0.05) is 25.1 Å². The Hall–Kier alpha value is -1.97. The highest BCUT2D eigenvalue weighted by atomic mass is 16.2. The van der Waals surface area contributed by atoms with Crippen molar-refractivity contribution in [2.24, 2.45) is 0 Å². The van der Waals surface area contributed by atoms with E-state index in [9.17, 15) is 4.79 Å². The Morgan fingerprint density at radius 1 is 1.39 bits per heavy atom. The van der Waals surface area contributed by atoms with Gasteiger partial charge in [-0.25, -0.2) is 4.79 Å². The molecular weight excluding hydrogens is 226 g/mol. The van der Waals surface area contributed by atoms with Crippen LogP contribution >= 0.6 is 0 Å². The number of aromatic nitrogens is 1. The van der Waals surface area contributed by atoms with Crippen LogP contribution in [0.25, 0.3) is 10.9 Å². The van der Waals surface area contributed by atoms with Crippen LogP contribution in [0.5, 0.6) is 0 Å². The zero-order chi connectivity index (χ0) is 13.0. The van der Waals surface area contributed by atoms with E-state index in [4.69, 9.17) is 0 Å². The Morgan fingerprint density at radius 3 is 2.94 bits per heavy atom. The van der Waals surface area contributed by atoms with Gasteiger partial charge in [0, 0.05) is 37.2 Å². The Bertz CT molecular complexity index is 533. The Balaban J connectivity index is 2.07. The molecule has 0 atom stereocenters. The van der Waals surface area contributed by atoms with E-state index in [-0.39, 0.29) is 6.03 Å². The van der Waals surface area contributed by atoms with E-state index in [1.54, 1.807) is 4.90 Å². The molecule has 0 aliphatic carbocycles. The smallest absolute Gasteiger partial charge is 0.317 e. The van der Waals surface area contributed by atoms with E-state index in [0.29, 0.717) is 6.54 Å². The van der Waals surface area contributed by atoms with Gasteiger partial charge in [0.2, 0.25) is 0 Å². The molecule has 2 aromatic rings. The molecule has 96 valence electrons. The van der Waals surface area contributed by atoms with Gasteiger partial charge >= 0.3 is 6.03 Å². The number of hydrogen-bond donors (Lipinski definition) is 2. The molecule has 4 heteroatoms. The number of hydrogen-bond acceptors (Lipinski definition) is 1. The molecule has 0 unspecified atom stereocenters. The molecule has 0 spiro atoms. The van der Waals surface area contributed by atoms with Crippen molar-refractivity contribution in [3.8, 4) is 0 Å². The van der Waals surface area contributed by atoms with Gasteiger partial charge in [-0.05, 0) is 18.1 Å². The number of urea groups is 1. The maximum atomic E-state index is 11.8. The molecule has 0 bridgehead atoms. The molecule has 4 nitrogen and oxygen atoms in total. The summed E-state index contributed by atoms with van der Waals surface area (Å²) < 4.78 is 0. The van der Waals surface area contributed by atoms with Gasteiger partial charge < -0.3 is 15.2 Å². The van der Waals surface area contributed by atoms with Crippen LogP contribution in [0.2, 0.25) is 0 Å². The standard InChI is InChI=1S/C14H19N3O/c1-3-8-15-14(18)17(2)10-11-9-16-13-7-5-4-6-12(11)13/h4-7,9,16H,3,8,10H2,1-2H3,(H,15,18). The third kappa shape index (κ3) is 2.64. The summed E-state index contributed by atoms with van der Waals surface area (Å²) in [7, 11) is 1.81. The minimum absolute atomic E-state index is 0.0258. The highest BCUT2D eigenvalue weighted by molar-refractivity contribution is 5.83. The third-order valence-corrected chi connectivity index (χ3v) is 2.96. The zero-order valence-electron chi connectivity index (χ0n) is 10.9. The van der Waals surface area contributed by atoms with E-state index in [1.807, 2.05) is 38.4 Å². The van der Waals surface area contributed by atoms with Crippen LogP contribution < -0.4 is 5.32 Å². The number of carbonyl (C=O) groups is 1. The van der Waals surface area contributed by atoms with E-state index < -0.39 is 0 Å². The quantitative estimate of drug-likeness (QED) is 0.855. The molecule has 18 heavy (non-hydrogen) atoms. The molecule has 1 heterocycles.